The van der Waals surface area contributed by atoms with E-state index >= 15 is 0 Å². The molecular weight excluding hydrogens is 536 g/mol. The number of halogens is 2. The third-order valence-corrected chi connectivity index (χ3v) is 8.44. The van der Waals surface area contributed by atoms with Crippen LogP contribution in [0.3, 0.4) is 0 Å². The van der Waals surface area contributed by atoms with E-state index in [4.69, 9.17) is 0 Å². The number of piperidine rings is 1. The lowest BCUT2D eigenvalue weighted by Gasteiger charge is -2.40. The van der Waals surface area contributed by atoms with Crippen LogP contribution in [0.1, 0.15) is 39.1 Å². The van der Waals surface area contributed by atoms with Gasteiger partial charge < -0.3 is 9.80 Å². The van der Waals surface area contributed by atoms with Crippen molar-refractivity contribution in [1.82, 2.24) is 19.9 Å². The van der Waals surface area contributed by atoms with Gasteiger partial charge in [-0.2, -0.15) is 0 Å². The predicted molar refractivity (Wildman–Crippen MR) is 154 cm³/mol. The van der Waals surface area contributed by atoms with E-state index in [2.05, 4.69) is 15.0 Å². The molecule has 0 saturated carbocycles. The highest BCUT2D eigenvalue weighted by atomic mass is 19.1. The molecule has 2 aliphatic heterocycles. The molecule has 0 aliphatic carbocycles. The fourth-order valence-corrected chi connectivity index (χ4v) is 6.25. The zero-order chi connectivity index (χ0) is 28.8. The zero-order valence-electron chi connectivity index (χ0n) is 22.5. The third-order valence-electron chi connectivity index (χ3n) is 8.44. The van der Waals surface area contributed by atoms with Gasteiger partial charge in [0, 0.05) is 59.6 Å². The van der Waals surface area contributed by atoms with E-state index < -0.39 is 5.41 Å². The SMILES string of the molecule is O=C(c1ccc2ncncc2c1)N1CCC2(CC1)CN(C(=O)c1cccnc1-c1ccc(F)cc1)c1ccc(F)cc12. The van der Waals surface area contributed by atoms with Gasteiger partial charge in [-0.3, -0.25) is 14.6 Å². The quantitative estimate of drug-likeness (QED) is 0.278. The van der Waals surface area contributed by atoms with Crippen LogP contribution in [0.4, 0.5) is 14.5 Å². The number of likely N-dealkylation sites (tertiary alicyclic amines) is 1. The van der Waals surface area contributed by atoms with Gasteiger partial charge in [0.1, 0.15) is 18.0 Å². The summed E-state index contributed by atoms with van der Waals surface area (Å²) in [4.78, 5) is 43.7. The summed E-state index contributed by atoms with van der Waals surface area (Å²) in [5.74, 6) is -1.09. The second kappa shape index (κ2) is 10.1. The molecule has 7 nitrogen and oxygen atoms in total. The first kappa shape index (κ1) is 25.9. The summed E-state index contributed by atoms with van der Waals surface area (Å²) in [6, 6.07) is 19.2. The van der Waals surface area contributed by atoms with Gasteiger partial charge in [0.25, 0.3) is 11.8 Å². The van der Waals surface area contributed by atoms with Crippen molar-refractivity contribution in [3.63, 3.8) is 0 Å². The Labute approximate surface area is 240 Å². The van der Waals surface area contributed by atoms with E-state index in [0.717, 1.165) is 16.5 Å². The average Bonchev–Trinajstić information content (AvgIpc) is 3.33. The lowest BCUT2D eigenvalue weighted by Crippen LogP contribution is -2.48. The van der Waals surface area contributed by atoms with Crippen LogP contribution >= 0.6 is 0 Å². The Kier molecular flexibility index (Phi) is 6.22. The third kappa shape index (κ3) is 4.38. The van der Waals surface area contributed by atoms with E-state index in [-0.39, 0.29) is 23.4 Å². The minimum atomic E-state index is -0.501. The highest BCUT2D eigenvalue weighted by Crippen LogP contribution is 2.48. The second-order valence-corrected chi connectivity index (χ2v) is 10.8. The largest absolute Gasteiger partial charge is 0.339 e. The van der Waals surface area contributed by atoms with Crippen molar-refractivity contribution in [2.75, 3.05) is 24.5 Å². The van der Waals surface area contributed by atoms with E-state index in [1.807, 2.05) is 11.0 Å². The normalized spacial score (nSPS) is 15.7. The van der Waals surface area contributed by atoms with Gasteiger partial charge in [0.2, 0.25) is 0 Å². The Morgan fingerprint density at radius 3 is 2.43 bits per heavy atom. The summed E-state index contributed by atoms with van der Waals surface area (Å²) in [6.07, 6.45) is 5.91. The standard InChI is InChI=1S/C33H25F2N5O2/c34-24-6-3-21(4-7-24)30-26(2-1-13-37-30)32(42)40-19-33(27-17-25(35)8-10-29(27)40)11-14-39(15-12-33)31(41)22-5-9-28-23(16-22)18-36-20-38-28/h1-10,13,16-18,20H,11-12,14-15,19H2. The van der Waals surface area contributed by atoms with Gasteiger partial charge in [0.05, 0.1) is 16.8 Å². The Bertz CT molecular complexity index is 1850. The molecular formula is C33H25F2N5O2. The minimum absolute atomic E-state index is 0.0831. The van der Waals surface area contributed by atoms with Gasteiger partial charge in [-0.15, -0.1) is 0 Å². The molecule has 2 amide bonds. The number of benzene rings is 3. The van der Waals surface area contributed by atoms with Crippen molar-refractivity contribution in [2.45, 2.75) is 18.3 Å². The van der Waals surface area contributed by atoms with Crippen molar-refractivity contribution in [3.05, 3.63) is 120 Å². The van der Waals surface area contributed by atoms with Crippen LogP contribution in [-0.2, 0) is 5.41 Å². The van der Waals surface area contributed by atoms with Crippen LogP contribution < -0.4 is 4.90 Å². The summed E-state index contributed by atoms with van der Waals surface area (Å²) < 4.78 is 28.2. The molecule has 3 aromatic carbocycles. The molecule has 0 unspecified atom stereocenters. The number of carbonyl (C=O) groups excluding carboxylic acids is 2. The van der Waals surface area contributed by atoms with Crippen LogP contribution in [0.25, 0.3) is 22.2 Å². The number of hydrogen-bond acceptors (Lipinski definition) is 5. The smallest absolute Gasteiger partial charge is 0.260 e. The molecule has 1 saturated heterocycles. The average molecular weight is 562 g/mol. The molecule has 0 bridgehead atoms. The summed E-state index contributed by atoms with van der Waals surface area (Å²) in [5, 5.41) is 0.793. The van der Waals surface area contributed by atoms with Crippen molar-refractivity contribution in [3.8, 4) is 11.3 Å². The lowest BCUT2D eigenvalue weighted by molar-refractivity contribution is 0.0671. The highest BCUT2D eigenvalue weighted by Gasteiger charge is 2.47. The monoisotopic (exact) mass is 561 g/mol. The minimum Gasteiger partial charge on any atom is -0.339 e. The van der Waals surface area contributed by atoms with Gasteiger partial charge >= 0.3 is 0 Å². The predicted octanol–water partition coefficient (Wildman–Crippen LogP) is 5.80. The Morgan fingerprint density at radius 2 is 1.62 bits per heavy atom. The highest BCUT2D eigenvalue weighted by molar-refractivity contribution is 6.11. The molecule has 2 aromatic heterocycles. The van der Waals surface area contributed by atoms with E-state index in [0.29, 0.717) is 60.5 Å². The molecule has 0 radical (unpaired) electrons. The lowest BCUT2D eigenvalue weighted by atomic mass is 9.74. The maximum atomic E-state index is 14.6. The van der Waals surface area contributed by atoms with Crippen molar-refractivity contribution in [1.29, 1.82) is 0 Å². The van der Waals surface area contributed by atoms with Crippen molar-refractivity contribution in [2.24, 2.45) is 0 Å². The molecule has 5 aromatic rings. The number of carbonyl (C=O) groups is 2. The van der Waals surface area contributed by atoms with Crippen LogP contribution in [0, 0.1) is 11.6 Å². The number of anilines is 1. The van der Waals surface area contributed by atoms with E-state index in [9.17, 15) is 18.4 Å². The molecule has 42 heavy (non-hydrogen) atoms. The molecule has 1 spiro atoms. The zero-order valence-corrected chi connectivity index (χ0v) is 22.5. The first-order valence-electron chi connectivity index (χ1n) is 13.7. The van der Waals surface area contributed by atoms with Crippen LogP contribution in [0.2, 0.25) is 0 Å². The van der Waals surface area contributed by atoms with E-state index in [1.54, 1.807) is 59.8 Å². The fraction of sp³-hybridized carbons (Fsp3) is 0.182. The molecule has 9 heteroatoms. The second-order valence-electron chi connectivity index (χ2n) is 10.8. The molecule has 1 fully saturated rings. The number of amides is 2. The van der Waals surface area contributed by atoms with Crippen LogP contribution in [-0.4, -0.2) is 51.3 Å². The fourth-order valence-electron chi connectivity index (χ4n) is 6.25. The van der Waals surface area contributed by atoms with E-state index in [1.165, 1.54) is 30.6 Å². The maximum Gasteiger partial charge on any atom is 0.260 e. The molecule has 0 N–H and O–H groups in total. The first-order chi connectivity index (χ1) is 20.4. The van der Waals surface area contributed by atoms with Crippen LogP contribution in [0.15, 0.2) is 91.5 Å². The van der Waals surface area contributed by atoms with Crippen LogP contribution in [0.5, 0.6) is 0 Å². The Hall–Kier alpha value is -5.05. The molecule has 4 heterocycles. The molecule has 208 valence electrons. The maximum absolute atomic E-state index is 14.6. The van der Waals surface area contributed by atoms with Gasteiger partial charge in [-0.25, -0.2) is 18.7 Å². The first-order valence-corrected chi connectivity index (χ1v) is 13.7. The van der Waals surface area contributed by atoms with Crippen molar-refractivity contribution >= 4 is 28.4 Å². The van der Waals surface area contributed by atoms with Gasteiger partial charge in [-0.05, 0) is 91.2 Å². The number of hydrogen-bond donors (Lipinski definition) is 0. The van der Waals surface area contributed by atoms with Crippen molar-refractivity contribution < 1.29 is 18.4 Å². The number of fused-ring (bicyclic) bond motifs is 3. The number of nitrogens with zero attached hydrogens (tertiary/aromatic N) is 5. The number of rotatable bonds is 3. The summed E-state index contributed by atoms with van der Waals surface area (Å²) in [6.45, 7) is 1.29. The molecule has 7 rings (SSSR count). The number of aromatic nitrogens is 3. The van der Waals surface area contributed by atoms with Gasteiger partial charge in [-0.1, -0.05) is 0 Å². The Balaban J connectivity index is 1.17. The summed E-state index contributed by atoms with van der Waals surface area (Å²) in [5.41, 5.74) is 3.72. The molecule has 0 atom stereocenters. The Morgan fingerprint density at radius 1 is 0.833 bits per heavy atom. The van der Waals surface area contributed by atoms with Gasteiger partial charge in [0.15, 0.2) is 0 Å². The topological polar surface area (TPSA) is 79.3 Å². The summed E-state index contributed by atoms with van der Waals surface area (Å²) >= 11 is 0. The summed E-state index contributed by atoms with van der Waals surface area (Å²) in [7, 11) is 0. The number of pyridine rings is 1. The molecule has 2 aliphatic rings.